The normalized spacial score (nSPS) is 9.44. The monoisotopic (exact) mass is 264 g/mol. The Labute approximate surface area is 114 Å². The molecular weight excluding hydrogens is 248 g/mol. The van der Waals surface area contributed by atoms with Gasteiger partial charge in [-0.1, -0.05) is 42.5 Å². The van der Waals surface area contributed by atoms with E-state index in [1.54, 1.807) is 12.1 Å². The van der Waals surface area contributed by atoms with Crippen LogP contribution in [0.25, 0.3) is 0 Å². The second-order valence-corrected chi connectivity index (χ2v) is 3.85. The molecule has 0 aliphatic heterocycles. The minimum absolute atomic E-state index is 0. The highest BCUT2D eigenvalue weighted by atomic mass is 35.5. The third kappa shape index (κ3) is 3.65. The highest BCUT2D eigenvalue weighted by Crippen LogP contribution is 2.25. The molecule has 4 heteroatoms. The first-order valence-electron chi connectivity index (χ1n) is 5.51. The Kier molecular flexibility index (Phi) is 5.49. The molecule has 0 heterocycles. The molecule has 2 aromatic rings. The molecule has 0 atom stereocenters. The predicted molar refractivity (Wildman–Crippen MR) is 77.1 cm³/mol. The van der Waals surface area contributed by atoms with Crippen LogP contribution in [0.1, 0.15) is 5.56 Å². The summed E-state index contributed by atoms with van der Waals surface area (Å²) in [5.74, 6) is 6.53. The molecule has 2 aromatic carbocycles. The minimum atomic E-state index is 0. The van der Waals surface area contributed by atoms with E-state index < -0.39 is 0 Å². The van der Waals surface area contributed by atoms with Crippen LogP contribution in [0.5, 0.6) is 5.75 Å². The Balaban J connectivity index is 0.00000162. The molecule has 3 nitrogen and oxygen atoms in total. The van der Waals surface area contributed by atoms with Crippen LogP contribution in [0.2, 0.25) is 0 Å². The lowest BCUT2D eigenvalue weighted by Gasteiger charge is -2.17. The van der Waals surface area contributed by atoms with Crippen molar-refractivity contribution in [2.45, 2.75) is 6.61 Å². The molecule has 18 heavy (non-hydrogen) atoms. The van der Waals surface area contributed by atoms with Gasteiger partial charge in [-0.05, 0) is 17.7 Å². The molecule has 0 aromatic heterocycles. The molecular formula is C14H17ClN2O. The van der Waals surface area contributed by atoms with Gasteiger partial charge in [0.25, 0.3) is 0 Å². The van der Waals surface area contributed by atoms with E-state index in [0.29, 0.717) is 6.61 Å². The molecule has 96 valence electrons. The molecule has 0 unspecified atom stereocenters. The molecule has 0 bridgehead atoms. The van der Waals surface area contributed by atoms with Gasteiger partial charge in [0.05, 0.1) is 5.69 Å². The summed E-state index contributed by atoms with van der Waals surface area (Å²) < 4.78 is 5.76. The van der Waals surface area contributed by atoms with E-state index in [1.807, 2.05) is 54.6 Å². The van der Waals surface area contributed by atoms with Gasteiger partial charge in [0.1, 0.15) is 12.4 Å². The average molecular weight is 265 g/mol. The summed E-state index contributed by atoms with van der Waals surface area (Å²) in [6, 6.07) is 17.8. The summed E-state index contributed by atoms with van der Waals surface area (Å²) >= 11 is 0. The Morgan fingerprint density at radius 2 is 1.61 bits per heavy atom. The number of hydrogen-bond acceptors (Lipinski definition) is 3. The smallest absolute Gasteiger partial charge is 0.144 e. The first-order chi connectivity index (χ1) is 8.27. The zero-order valence-electron chi connectivity index (χ0n) is 10.2. The zero-order valence-corrected chi connectivity index (χ0v) is 11.1. The molecule has 0 saturated carbocycles. The Hall–Kier alpha value is -1.71. The Bertz CT molecular complexity index is 474. The molecule has 0 radical (unpaired) electrons. The van der Waals surface area contributed by atoms with Crippen molar-refractivity contribution >= 4 is 18.1 Å². The van der Waals surface area contributed by atoms with Crippen LogP contribution in [-0.2, 0) is 6.61 Å². The molecule has 0 aliphatic carbocycles. The highest BCUT2D eigenvalue weighted by molar-refractivity contribution is 5.85. The topological polar surface area (TPSA) is 38.5 Å². The molecule has 0 spiro atoms. The van der Waals surface area contributed by atoms with Crippen molar-refractivity contribution < 1.29 is 4.74 Å². The molecule has 0 amide bonds. The third-order valence-electron chi connectivity index (χ3n) is 2.48. The fourth-order valence-electron chi connectivity index (χ4n) is 1.61. The number of hydrazine groups is 1. The van der Waals surface area contributed by atoms with Crippen molar-refractivity contribution in [1.29, 1.82) is 0 Å². The highest BCUT2D eigenvalue weighted by Gasteiger charge is 2.04. The van der Waals surface area contributed by atoms with Crippen LogP contribution < -0.4 is 15.6 Å². The quantitative estimate of drug-likeness (QED) is 0.682. The Morgan fingerprint density at radius 3 is 2.28 bits per heavy atom. The SMILES string of the molecule is CN(N)c1ccccc1OCc1ccccc1.Cl. The number of nitrogens with two attached hydrogens (primary N) is 1. The molecule has 2 rings (SSSR count). The van der Waals surface area contributed by atoms with Crippen LogP contribution >= 0.6 is 12.4 Å². The largest absolute Gasteiger partial charge is 0.487 e. The lowest BCUT2D eigenvalue weighted by Crippen LogP contribution is -2.25. The van der Waals surface area contributed by atoms with Gasteiger partial charge in [0.15, 0.2) is 0 Å². The average Bonchev–Trinajstić information content (AvgIpc) is 2.38. The summed E-state index contributed by atoms with van der Waals surface area (Å²) in [4.78, 5) is 0. The van der Waals surface area contributed by atoms with Crippen LogP contribution in [0, 0.1) is 0 Å². The van der Waals surface area contributed by atoms with Gasteiger partial charge in [-0.2, -0.15) is 0 Å². The fraction of sp³-hybridized carbons (Fsp3) is 0.143. The van der Waals surface area contributed by atoms with E-state index in [9.17, 15) is 0 Å². The zero-order chi connectivity index (χ0) is 12.1. The summed E-state index contributed by atoms with van der Waals surface area (Å²) in [7, 11) is 1.80. The third-order valence-corrected chi connectivity index (χ3v) is 2.48. The summed E-state index contributed by atoms with van der Waals surface area (Å²) in [5, 5.41) is 1.56. The molecule has 2 N–H and O–H groups in total. The summed E-state index contributed by atoms with van der Waals surface area (Å²) in [5.41, 5.74) is 2.02. The molecule has 0 fully saturated rings. The number of halogens is 1. The second kappa shape index (κ2) is 6.89. The number of rotatable bonds is 4. The van der Waals surface area contributed by atoms with E-state index in [1.165, 1.54) is 0 Å². The van der Waals surface area contributed by atoms with Gasteiger partial charge in [-0.15, -0.1) is 12.4 Å². The van der Waals surface area contributed by atoms with Gasteiger partial charge in [0, 0.05) is 7.05 Å². The van der Waals surface area contributed by atoms with Crippen LogP contribution in [0.15, 0.2) is 54.6 Å². The van der Waals surface area contributed by atoms with Crippen molar-refractivity contribution in [3.05, 3.63) is 60.2 Å². The van der Waals surface area contributed by atoms with E-state index in [4.69, 9.17) is 10.6 Å². The second-order valence-electron chi connectivity index (χ2n) is 3.85. The number of nitrogens with zero attached hydrogens (tertiary/aromatic N) is 1. The molecule has 0 saturated heterocycles. The van der Waals surface area contributed by atoms with E-state index in [2.05, 4.69) is 0 Å². The maximum absolute atomic E-state index is 5.76. The first kappa shape index (κ1) is 14.4. The van der Waals surface area contributed by atoms with Gasteiger partial charge < -0.3 is 9.75 Å². The van der Waals surface area contributed by atoms with Crippen LogP contribution in [0.3, 0.4) is 0 Å². The van der Waals surface area contributed by atoms with Crippen molar-refractivity contribution in [2.24, 2.45) is 5.84 Å². The van der Waals surface area contributed by atoms with Gasteiger partial charge >= 0.3 is 0 Å². The van der Waals surface area contributed by atoms with E-state index >= 15 is 0 Å². The maximum atomic E-state index is 5.76. The minimum Gasteiger partial charge on any atom is -0.487 e. The van der Waals surface area contributed by atoms with Crippen LogP contribution in [0.4, 0.5) is 5.69 Å². The van der Waals surface area contributed by atoms with Gasteiger partial charge in [-0.25, -0.2) is 5.84 Å². The van der Waals surface area contributed by atoms with E-state index in [0.717, 1.165) is 17.0 Å². The van der Waals surface area contributed by atoms with Crippen molar-refractivity contribution in [1.82, 2.24) is 0 Å². The van der Waals surface area contributed by atoms with Crippen molar-refractivity contribution in [2.75, 3.05) is 12.1 Å². The predicted octanol–water partition coefficient (Wildman–Crippen LogP) is 3.00. The number of hydrogen-bond donors (Lipinski definition) is 1. The van der Waals surface area contributed by atoms with E-state index in [-0.39, 0.29) is 12.4 Å². The first-order valence-corrected chi connectivity index (χ1v) is 5.51. The van der Waals surface area contributed by atoms with Crippen LogP contribution in [-0.4, -0.2) is 7.05 Å². The van der Waals surface area contributed by atoms with Crippen molar-refractivity contribution in [3.63, 3.8) is 0 Å². The standard InChI is InChI=1S/C14H16N2O.ClH/c1-16(15)13-9-5-6-10-14(13)17-11-12-7-3-2-4-8-12;/h2-10H,11,15H2,1H3;1H. The lowest BCUT2D eigenvalue weighted by atomic mass is 10.2. The van der Waals surface area contributed by atoms with Gasteiger partial charge in [0.2, 0.25) is 0 Å². The number of anilines is 1. The van der Waals surface area contributed by atoms with Crippen molar-refractivity contribution in [3.8, 4) is 5.75 Å². The molecule has 0 aliphatic rings. The van der Waals surface area contributed by atoms with Gasteiger partial charge in [-0.3, -0.25) is 0 Å². The number of para-hydroxylation sites is 2. The fourth-order valence-corrected chi connectivity index (χ4v) is 1.61. The summed E-state index contributed by atoms with van der Waals surface area (Å²) in [6.45, 7) is 0.547. The number of benzene rings is 2. The lowest BCUT2D eigenvalue weighted by molar-refractivity contribution is 0.307. The maximum Gasteiger partial charge on any atom is 0.144 e. The number of ether oxygens (including phenoxy) is 1. The summed E-state index contributed by atoms with van der Waals surface area (Å²) in [6.07, 6.45) is 0. The Morgan fingerprint density at radius 1 is 1.00 bits per heavy atom.